The second kappa shape index (κ2) is 10.3. The fourth-order valence-corrected chi connectivity index (χ4v) is 0. The molecule has 0 bridgehead atoms. The first kappa shape index (κ1) is 15.7. The first-order valence-corrected chi connectivity index (χ1v) is 3.83. The van der Waals surface area contributed by atoms with Gasteiger partial charge in [0.25, 0.3) is 0 Å². The molecule has 6 heavy (non-hydrogen) atoms. The molecule has 0 spiro atoms. The predicted octanol–water partition coefficient (Wildman–Crippen LogP) is 0.733. The Morgan fingerprint density at radius 1 is 1.17 bits per heavy atom. The van der Waals surface area contributed by atoms with Gasteiger partial charge in [0.1, 0.15) is 0 Å². The largest absolute Gasteiger partial charge is 1.00 e. The molecule has 0 rings (SSSR count). The Balaban J connectivity index is -0.0000000450. The van der Waals surface area contributed by atoms with Crippen LogP contribution in [-0.4, -0.2) is 0 Å². The van der Waals surface area contributed by atoms with Crippen molar-refractivity contribution < 1.29 is 49.3 Å². The van der Waals surface area contributed by atoms with E-state index in [4.69, 9.17) is 0 Å². The van der Waals surface area contributed by atoms with Gasteiger partial charge < -0.3 is 24.5 Å². The quantitative estimate of drug-likeness (QED) is 0.275. The Bertz CT molecular complexity index is 34.5. The van der Waals surface area contributed by atoms with Gasteiger partial charge in [0.2, 0.25) is 0 Å². The van der Waals surface area contributed by atoms with Gasteiger partial charge in [-0.05, 0) is 0 Å². The van der Waals surface area contributed by atoms with E-state index in [9.17, 15) is 4.57 Å². The molecule has 0 amide bonds. The van der Waals surface area contributed by atoms with Crippen molar-refractivity contribution in [3.8, 4) is 0 Å². The van der Waals surface area contributed by atoms with Gasteiger partial charge in [0.05, 0.1) is 6.20 Å². The first-order valence-electron chi connectivity index (χ1n) is 0.548. The van der Waals surface area contributed by atoms with E-state index in [0.717, 1.165) is 0 Å². The second-order valence-electron chi connectivity index (χ2n) is 0.224. The van der Waals surface area contributed by atoms with Gasteiger partial charge in [-0.25, -0.2) is 0 Å². The maximum absolute atomic E-state index is 9.22. The molecule has 0 aliphatic heterocycles. The maximum Gasteiger partial charge on any atom is 1.00 e. The fraction of sp³-hybridized carbons (Fsp3) is 0. The summed E-state index contributed by atoms with van der Waals surface area (Å²) in [5.41, 5.74) is 0. The van der Waals surface area contributed by atoms with Crippen LogP contribution in [-0.2, 0) is 73.8 Å². The zero-order valence-corrected chi connectivity index (χ0v) is 9.14. The molecule has 0 heterocycles. The molecule has 0 aromatic carbocycles. The fourth-order valence-electron chi connectivity index (χ4n) is 0. The first-order chi connectivity index (χ1) is 1.73. The SMILES string of the molecule is O=[P+]([S-])[S-].[Au+].[Au+]. The van der Waals surface area contributed by atoms with Crippen molar-refractivity contribution in [1.82, 2.24) is 0 Å². The van der Waals surface area contributed by atoms with Gasteiger partial charge in [0, 0.05) is 0 Å². The number of rotatable bonds is 0. The van der Waals surface area contributed by atoms with Crippen molar-refractivity contribution in [2.75, 3.05) is 0 Å². The van der Waals surface area contributed by atoms with Gasteiger partial charge >= 0.3 is 44.8 Å². The predicted molar refractivity (Wildman–Crippen MR) is 22.3 cm³/mol. The van der Waals surface area contributed by atoms with Gasteiger partial charge in [-0.2, -0.15) is 0 Å². The molecule has 0 aliphatic carbocycles. The standard InChI is InChI=1S/2Au.HOPS2/c;;1-2(3)4/h;;(H,1,3,4)/q2*+1;/p-1. The topological polar surface area (TPSA) is 17.1 Å². The van der Waals surface area contributed by atoms with E-state index in [1.165, 1.54) is 0 Å². The van der Waals surface area contributed by atoms with Crippen LogP contribution in [0, 0.1) is 0 Å². The van der Waals surface area contributed by atoms with Gasteiger partial charge in [-0.3, -0.25) is 0 Å². The molecule has 0 saturated heterocycles. The van der Waals surface area contributed by atoms with Crippen molar-refractivity contribution in [2.24, 2.45) is 0 Å². The minimum Gasteiger partial charge on any atom is -0.471 e. The van der Waals surface area contributed by atoms with Crippen molar-refractivity contribution >= 4 is 30.7 Å². The van der Waals surface area contributed by atoms with Crippen LogP contribution in [0.25, 0.3) is 0 Å². The van der Waals surface area contributed by atoms with Gasteiger partial charge in [-0.15, -0.1) is 4.57 Å². The second-order valence-corrected chi connectivity index (χ2v) is 3.35. The summed E-state index contributed by atoms with van der Waals surface area (Å²) in [4.78, 5) is 0. The van der Waals surface area contributed by atoms with E-state index in [1.807, 2.05) is 0 Å². The Morgan fingerprint density at radius 3 is 1.17 bits per heavy atom. The normalized spacial score (nSPS) is 4.33. The molecular formula is Au2OPS2+. The summed E-state index contributed by atoms with van der Waals surface area (Å²) < 4.78 is 9.22. The average Bonchev–Trinajstić information content (AvgIpc) is 0.811. The Hall–Kier alpha value is 2.28. The molecule has 0 aromatic heterocycles. The summed E-state index contributed by atoms with van der Waals surface area (Å²) >= 11 is 7.89. The van der Waals surface area contributed by atoms with Crippen LogP contribution in [0.4, 0.5) is 0 Å². The minimum atomic E-state index is -1.70. The summed E-state index contributed by atoms with van der Waals surface area (Å²) in [5.74, 6) is 0. The molecule has 0 saturated carbocycles. The molecule has 0 atom stereocenters. The molecule has 6 heteroatoms. The Morgan fingerprint density at radius 2 is 1.17 bits per heavy atom. The van der Waals surface area contributed by atoms with Crippen molar-refractivity contribution in [3.05, 3.63) is 0 Å². The van der Waals surface area contributed by atoms with Crippen molar-refractivity contribution in [2.45, 2.75) is 0 Å². The molecule has 0 radical (unpaired) electrons. The molecule has 0 aliphatic rings. The molecule has 0 fully saturated rings. The Kier molecular flexibility index (Phi) is 27.0. The van der Waals surface area contributed by atoms with Gasteiger partial charge in [-0.1, -0.05) is 0 Å². The molecular weight excluding hydrogens is 505 g/mol. The summed E-state index contributed by atoms with van der Waals surface area (Å²) in [7, 11) is 0. The average molecular weight is 505 g/mol. The molecule has 44 valence electrons. The van der Waals surface area contributed by atoms with Crippen LogP contribution >= 0.6 is 6.20 Å². The van der Waals surface area contributed by atoms with E-state index < -0.39 is 6.20 Å². The van der Waals surface area contributed by atoms with E-state index in [2.05, 4.69) is 24.5 Å². The third kappa shape index (κ3) is 33.7. The smallest absolute Gasteiger partial charge is 0.471 e. The zero-order valence-electron chi connectivity index (χ0n) is 2.27. The molecule has 0 unspecified atom stereocenters. The summed E-state index contributed by atoms with van der Waals surface area (Å²) in [5, 5.41) is 0. The Labute approximate surface area is 79.2 Å². The van der Waals surface area contributed by atoms with E-state index in [-0.39, 0.29) is 44.8 Å². The van der Waals surface area contributed by atoms with Gasteiger partial charge in [0.15, 0.2) is 0 Å². The number of hydrogen-bond acceptors (Lipinski definition) is 3. The van der Waals surface area contributed by atoms with Crippen LogP contribution in [0.15, 0.2) is 0 Å². The van der Waals surface area contributed by atoms with Crippen LogP contribution in [0.1, 0.15) is 0 Å². The summed E-state index contributed by atoms with van der Waals surface area (Å²) in [6, 6.07) is 0. The molecule has 0 aromatic rings. The van der Waals surface area contributed by atoms with Crippen LogP contribution < -0.4 is 0 Å². The number of hydrogen-bond donors (Lipinski definition) is 0. The van der Waals surface area contributed by atoms with Crippen LogP contribution in [0.5, 0.6) is 0 Å². The zero-order chi connectivity index (χ0) is 3.58. The van der Waals surface area contributed by atoms with Crippen LogP contribution in [0.3, 0.4) is 0 Å². The molecule has 1 nitrogen and oxygen atoms in total. The molecule has 0 N–H and O–H groups in total. The maximum atomic E-state index is 9.22. The summed E-state index contributed by atoms with van der Waals surface area (Å²) in [6.45, 7) is 0. The van der Waals surface area contributed by atoms with Crippen molar-refractivity contribution in [3.63, 3.8) is 0 Å². The third-order valence-electron chi connectivity index (χ3n) is 0. The van der Waals surface area contributed by atoms with E-state index in [1.54, 1.807) is 0 Å². The van der Waals surface area contributed by atoms with Crippen LogP contribution in [0.2, 0.25) is 0 Å². The summed E-state index contributed by atoms with van der Waals surface area (Å²) in [6.07, 6.45) is -1.70. The van der Waals surface area contributed by atoms with Crippen molar-refractivity contribution in [1.29, 1.82) is 0 Å². The third-order valence-corrected chi connectivity index (χ3v) is 0. The minimum absolute atomic E-state index is 0. The van der Waals surface area contributed by atoms with E-state index in [0.29, 0.717) is 0 Å². The van der Waals surface area contributed by atoms with E-state index >= 15 is 0 Å². The monoisotopic (exact) mass is 505 g/mol.